The number of ether oxygens (including phenoxy) is 1. The van der Waals surface area contributed by atoms with Crippen LogP contribution in [0.2, 0.25) is 0 Å². The minimum Gasteiger partial charge on any atom is -0.492 e. The smallest absolute Gasteiger partial charge is 0.417 e. The molecular weight excluding hydrogens is 423 g/mol. The number of nitrogens with one attached hydrogen (secondary N) is 1. The topological polar surface area (TPSA) is 85.1 Å². The molecule has 4 aromatic rings. The first-order chi connectivity index (χ1) is 15.2. The quantitative estimate of drug-likeness (QED) is 0.449. The fourth-order valence-electron chi connectivity index (χ4n) is 3.19. The summed E-state index contributed by atoms with van der Waals surface area (Å²) >= 11 is 0. The molecule has 0 fully saturated rings. The summed E-state index contributed by atoms with van der Waals surface area (Å²) in [6.07, 6.45) is -2.36. The zero-order valence-electron chi connectivity index (χ0n) is 16.9. The molecule has 32 heavy (non-hydrogen) atoms. The number of anilines is 1. The number of aryl methyl sites for hydroxylation is 1. The first kappa shape index (κ1) is 21.2. The molecule has 1 aromatic carbocycles. The molecule has 164 valence electrons. The van der Waals surface area contributed by atoms with Crippen molar-refractivity contribution in [1.82, 2.24) is 19.7 Å². The van der Waals surface area contributed by atoms with Crippen LogP contribution in [0.15, 0.2) is 61.4 Å². The number of fused-ring (bicyclic) bond motifs is 1. The van der Waals surface area contributed by atoms with Gasteiger partial charge in [-0.05, 0) is 36.4 Å². The molecule has 10 heteroatoms. The largest absolute Gasteiger partial charge is 0.492 e. The van der Waals surface area contributed by atoms with Gasteiger partial charge in [0, 0.05) is 24.8 Å². The van der Waals surface area contributed by atoms with Crippen LogP contribution in [-0.2, 0) is 19.8 Å². The van der Waals surface area contributed by atoms with Gasteiger partial charge in [-0.2, -0.15) is 18.3 Å². The molecule has 0 atom stereocenters. The Morgan fingerprint density at radius 3 is 2.72 bits per heavy atom. The van der Waals surface area contributed by atoms with E-state index in [1.54, 1.807) is 36.1 Å². The number of pyridine rings is 2. The third kappa shape index (κ3) is 4.34. The highest BCUT2D eigenvalue weighted by atomic mass is 19.4. The normalized spacial score (nSPS) is 11.5. The molecule has 0 radical (unpaired) electrons. The van der Waals surface area contributed by atoms with Crippen LogP contribution in [0.3, 0.4) is 0 Å². The monoisotopic (exact) mass is 441 g/mol. The Morgan fingerprint density at radius 1 is 1.19 bits per heavy atom. The number of alkyl halides is 3. The Hall–Kier alpha value is -4.08. The van der Waals surface area contributed by atoms with Crippen LogP contribution in [0, 0.1) is 0 Å². The number of aromatic nitrogens is 4. The van der Waals surface area contributed by atoms with E-state index < -0.39 is 17.6 Å². The van der Waals surface area contributed by atoms with Crippen LogP contribution in [0.25, 0.3) is 16.6 Å². The minimum absolute atomic E-state index is 0.221. The number of hydrogen-bond donors (Lipinski definition) is 2. The van der Waals surface area contributed by atoms with E-state index >= 15 is 0 Å². The highest BCUT2D eigenvalue weighted by Crippen LogP contribution is 2.35. The van der Waals surface area contributed by atoms with Gasteiger partial charge in [0.2, 0.25) is 5.88 Å². The molecule has 0 aliphatic rings. The molecule has 0 aliphatic heterocycles. The number of benzene rings is 1. The van der Waals surface area contributed by atoms with Crippen molar-refractivity contribution in [2.75, 3.05) is 5.32 Å². The average molecular weight is 441 g/mol. The van der Waals surface area contributed by atoms with E-state index in [4.69, 9.17) is 4.74 Å². The van der Waals surface area contributed by atoms with Gasteiger partial charge in [-0.25, -0.2) is 4.98 Å². The van der Waals surface area contributed by atoms with Gasteiger partial charge < -0.3 is 15.2 Å². The molecule has 0 amide bonds. The van der Waals surface area contributed by atoms with Gasteiger partial charge in [0.1, 0.15) is 18.0 Å². The van der Waals surface area contributed by atoms with Crippen molar-refractivity contribution in [3.8, 4) is 11.6 Å². The summed E-state index contributed by atoms with van der Waals surface area (Å²) in [5.41, 5.74) is 0.931. The number of rotatable bonds is 6. The zero-order chi connectivity index (χ0) is 22.9. The lowest BCUT2D eigenvalue weighted by Gasteiger charge is -2.14. The zero-order valence-corrected chi connectivity index (χ0v) is 16.9. The van der Waals surface area contributed by atoms with E-state index in [0.29, 0.717) is 28.5 Å². The molecule has 0 bridgehead atoms. The number of nitrogens with zero attached hydrogens (tertiary/aromatic N) is 4. The minimum atomic E-state index is -4.60. The maximum Gasteiger partial charge on any atom is 0.417 e. The van der Waals surface area contributed by atoms with E-state index in [9.17, 15) is 18.3 Å². The fraction of sp³-hybridized carbons (Fsp3) is 0.136. The highest BCUT2D eigenvalue weighted by Gasteiger charge is 2.32. The molecule has 2 N–H and O–H groups in total. The van der Waals surface area contributed by atoms with Gasteiger partial charge in [-0.15, -0.1) is 0 Å². The summed E-state index contributed by atoms with van der Waals surface area (Å²) in [5.74, 6) is -0.0150. The lowest BCUT2D eigenvalue weighted by atomic mass is 10.1. The van der Waals surface area contributed by atoms with Gasteiger partial charge in [0.25, 0.3) is 0 Å². The molecule has 0 saturated heterocycles. The molecule has 7 nitrogen and oxygen atoms in total. The molecule has 4 rings (SSSR count). The van der Waals surface area contributed by atoms with Crippen molar-refractivity contribution in [2.45, 2.75) is 12.8 Å². The first-order valence-corrected chi connectivity index (χ1v) is 9.44. The number of hydrogen-bond acceptors (Lipinski definition) is 6. The molecule has 3 aromatic heterocycles. The third-order valence-electron chi connectivity index (χ3n) is 4.68. The maximum absolute atomic E-state index is 13.0. The second kappa shape index (κ2) is 8.22. The lowest BCUT2D eigenvalue weighted by Crippen LogP contribution is -2.08. The van der Waals surface area contributed by atoms with Crippen LogP contribution in [0.4, 0.5) is 18.9 Å². The van der Waals surface area contributed by atoms with E-state index in [1.807, 2.05) is 18.2 Å². The summed E-state index contributed by atoms with van der Waals surface area (Å²) < 4.78 is 46.4. The van der Waals surface area contributed by atoms with Gasteiger partial charge in [-0.1, -0.05) is 12.6 Å². The van der Waals surface area contributed by atoms with Crippen LogP contribution in [-0.4, -0.2) is 24.9 Å². The van der Waals surface area contributed by atoms with Crippen molar-refractivity contribution < 1.29 is 23.0 Å². The van der Waals surface area contributed by atoms with Crippen LogP contribution < -0.4 is 10.1 Å². The SMILES string of the molecule is C=C(Nc1cc(C(F)(F)F)cnc1O)c1c2cc(OCc3ccccn3)ccc2nn1C. The molecule has 0 unspecified atom stereocenters. The van der Waals surface area contributed by atoms with Crippen LogP contribution in [0.1, 0.15) is 17.0 Å². The van der Waals surface area contributed by atoms with Crippen molar-refractivity contribution in [3.05, 3.63) is 78.4 Å². The number of aromatic hydroxyl groups is 1. The first-order valence-electron chi connectivity index (χ1n) is 9.44. The Kier molecular flexibility index (Phi) is 5.43. The second-order valence-corrected chi connectivity index (χ2v) is 6.96. The molecule has 0 saturated carbocycles. The lowest BCUT2D eigenvalue weighted by molar-refractivity contribution is -0.137. The third-order valence-corrected chi connectivity index (χ3v) is 4.68. The summed E-state index contributed by atoms with van der Waals surface area (Å²) in [4.78, 5) is 7.63. The summed E-state index contributed by atoms with van der Waals surface area (Å²) in [7, 11) is 1.68. The van der Waals surface area contributed by atoms with Crippen molar-refractivity contribution >= 4 is 22.3 Å². The van der Waals surface area contributed by atoms with Crippen LogP contribution >= 0.6 is 0 Å². The van der Waals surface area contributed by atoms with Gasteiger partial charge in [0.15, 0.2) is 0 Å². The van der Waals surface area contributed by atoms with E-state index in [2.05, 4.69) is 27.0 Å². The van der Waals surface area contributed by atoms with Crippen molar-refractivity contribution in [3.63, 3.8) is 0 Å². The van der Waals surface area contributed by atoms with Crippen LogP contribution in [0.5, 0.6) is 11.6 Å². The predicted molar refractivity (Wildman–Crippen MR) is 113 cm³/mol. The van der Waals surface area contributed by atoms with Crippen molar-refractivity contribution in [1.29, 1.82) is 0 Å². The predicted octanol–water partition coefficient (Wildman–Crippen LogP) is 4.75. The number of halogens is 3. The summed E-state index contributed by atoms with van der Waals surface area (Å²) in [6, 6.07) is 11.6. The van der Waals surface area contributed by atoms with Crippen molar-refractivity contribution in [2.24, 2.45) is 7.05 Å². The highest BCUT2D eigenvalue weighted by molar-refractivity contribution is 5.94. The molecule has 3 heterocycles. The maximum atomic E-state index is 13.0. The molecule has 0 aliphatic carbocycles. The summed E-state index contributed by atoms with van der Waals surface area (Å²) in [5, 5.41) is 17.7. The Labute approximate surface area is 180 Å². The fourth-order valence-corrected chi connectivity index (χ4v) is 3.19. The van der Waals surface area contributed by atoms with Gasteiger partial charge in [0.05, 0.1) is 28.2 Å². The Balaban J connectivity index is 1.62. The Bertz CT molecular complexity index is 1290. The van der Waals surface area contributed by atoms with E-state index in [-0.39, 0.29) is 18.0 Å². The van der Waals surface area contributed by atoms with Gasteiger partial charge in [-0.3, -0.25) is 9.67 Å². The van der Waals surface area contributed by atoms with Gasteiger partial charge >= 0.3 is 6.18 Å². The Morgan fingerprint density at radius 2 is 2.00 bits per heavy atom. The molecule has 0 spiro atoms. The summed E-state index contributed by atoms with van der Waals surface area (Å²) in [6.45, 7) is 4.19. The van der Waals surface area contributed by atoms with E-state index in [0.717, 1.165) is 11.8 Å². The molecular formula is C22H18F3N5O2. The standard InChI is InChI=1S/C22H18F3N5O2/c1-13(28-19-9-14(22(23,24)25)11-27-21(19)31)20-17-10-16(6-7-18(17)29-30(20)2)32-12-15-5-3-4-8-26-15/h3-11,28H,1,12H2,2H3,(H,27,31). The second-order valence-electron chi connectivity index (χ2n) is 6.96. The average Bonchev–Trinajstić information content (AvgIpc) is 3.08. The van der Waals surface area contributed by atoms with E-state index in [1.165, 1.54) is 0 Å².